The number of amides is 1. The number of likely N-dealkylation sites (tertiary alicyclic amines) is 1. The molecule has 1 aliphatic heterocycles. The van der Waals surface area contributed by atoms with Crippen LogP contribution >= 0.6 is 0 Å². The third-order valence-corrected chi connectivity index (χ3v) is 4.88. The zero-order chi connectivity index (χ0) is 17.6. The summed E-state index contributed by atoms with van der Waals surface area (Å²) in [6.45, 7) is 4.60. The van der Waals surface area contributed by atoms with Gasteiger partial charge in [0.25, 0.3) is 0 Å². The van der Waals surface area contributed by atoms with Crippen molar-refractivity contribution in [2.75, 3.05) is 19.6 Å². The Morgan fingerprint density at radius 3 is 2.60 bits per heavy atom. The largest absolute Gasteiger partial charge is 0.468 e. The van der Waals surface area contributed by atoms with Crippen molar-refractivity contribution in [2.24, 2.45) is 0 Å². The van der Waals surface area contributed by atoms with Crippen molar-refractivity contribution in [2.45, 2.75) is 38.1 Å². The van der Waals surface area contributed by atoms with Gasteiger partial charge in [-0.2, -0.15) is 0 Å². The monoisotopic (exact) mass is 344 g/mol. The number of nitrogens with one attached hydrogen (secondary N) is 1. The second kappa shape index (κ2) is 8.30. The maximum atomic E-state index is 13.0. The highest BCUT2D eigenvalue weighted by atomic mass is 19.1. The molecule has 2 atom stereocenters. The Labute approximate surface area is 148 Å². The number of hydrogen-bond donors (Lipinski definition) is 1. The summed E-state index contributed by atoms with van der Waals surface area (Å²) in [6.07, 6.45) is 4.44. The van der Waals surface area contributed by atoms with E-state index in [9.17, 15) is 9.18 Å². The Hall–Kier alpha value is -2.14. The fraction of sp³-hybridized carbons (Fsp3) is 0.450. The van der Waals surface area contributed by atoms with Gasteiger partial charge in [0.1, 0.15) is 11.6 Å². The van der Waals surface area contributed by atoms with E-state index in [0.717, 1.165) is 24.4 Å². The maximum Gasteiger partial charge on any atom is 0.220 e. The lowest BCUT2D eigenvalue weighted by Gasteiger charge is -2.26. The molecule has 5 heteroatoms. The number of carbonyl (C=O) groups is 1. The molecule has 0 spiro atoms. The highest BCUT2D eigenvalue weighted by Gasteiger charge is 2.26. The Morgan fingerprint density at radius 1 is 1.24 bits per heavy atom. The summed E-state index contributed by atoms with van der Waals surface area (Å²) in [5.41, 5.74) is 0.971. The topological polar surface area (TPSA) is 45.5 Å². The molecule has 2 unspecified atom stereocenters. The van der Waals surface area contributed by atoms with Crippen LogP contribution in [0.5, 0.6) is 0 Å². The van der Waals surface area contributed by atoms with Gasteiger partial charge in [0.05, 0.1) is 12.3 Å². The first kappa shape index (κ1) is 17.7. The van der Waals surface area contributed by atoms with E-state index in [1.807, 2.05) is 19.1 Å². The van der Waals surface area contributed by atoms with Gasteiger partial charge < -0.3 is 9.73 Å². The van der Waals surface area contributed by atoms with E-state index in [1.54, 1.807) is 18.4 Å². The van der Waals surface area contributed by atoms with Crippen LogP contribution in [0, 0.1) is 5.82 Å². The number of rotatable bonds is 7. The van der Waals surface area contributed by atoms with Gasteiger partial charge in [0.15, 0.2) is 0 Å². The maximum absolute atomic E-state index is 13.0. The second-order valence-electron chi connectivity index (χ2n) is 6.74. The minimum Gasteiger partial charge on any atom is -0.468 e. The normalized spacial score (nSPS) is 17.4. The molecule has 1 aromatic carbocycles. The van der Waals surface area contributed by atoms with Crippen LogP contribution in [-0.4, -0.2) is 30.4 Å². The van der Waals surface area contributed by atoms with Gasteiger partial charge in [-0.05, 0) is 61.7 Å². The molecular formula is C20H25FN2O2. The molecule has 1 saturated heterocycles. The van der Waals surface area contributed by atoms with Crippen molar-refractivity contribution in [3.05, 3.63) is 59.8 Å². The summed E-state index contributed by atoms with van der Waals surface area (Å²) < 4.78 is 18.6. The van der Waals surface area contributed by atoms with Gasteiger partial charge in [-0.25, -0.2) is 4.39 Å². The first-order chi connectivity index (χ1) is 12.1. The molecule has 2 heterocycles. The summed E-state index contributed by atoms with van der Waals surface area (Å²) in [6, 6.07) is 10.3. The van der Waals surface area contributed by atoms with Crippen molar-refractivity contribution >= 4 is 5.91 Å². The van der Waals surface area contributed by atoms with Crippen molar-refractivity contribution in [3.8, 4) is 0 Å². The van der Waals surface area contributed by atoms with Crippen LogP contribution < -0.4 is 5.32 Å². The summed E-state index contributed by atoms with van der Waals surface area (Å²) >= 11 is 0. The number of furan rings is 1. The first-order valence-electron chi connectivity index (χ1n) is 8.93. The average Bonchev–Trinajstić information content (AvgIpc) is 3.29. The van der Waals surface area contributed by atoms with E-state index in [4.69, 9.17) is 4.42 Å². The highest BCUT2D eigenvalue weighted by Crippen LogP contribution is 2.25. The van der Waals surface area contributed by atoms with E-state index in [0.29, 0.717) is 13.0 Å². The standard InChI is InChI=1S/C20H25FN2O2/c1-15(16-6-8-17(21)9-7-16)13-20(24)22-14-18(19-5-4-12-25-19)23-10-2-3-11-23/h4-9,12,15,18H,2-3,10-11,13-14H2,1H3,(H,22,24). The van der Waals surface area contributed by atoms with Gasteiger partial charge in [0, 0.05) is 13.0 Å². The van der Waals surface area contributed by atoms with Crippen LogP contribution in [0.25, 0.3) is 0 Å². The minimum atomic E-state index is -0.257. The number of hydrogen-bond acceptors (Lipinski definition) is 3. The lowest BCUT2D eigenvalue weighted by Crippen LogP contribution is -2.36. The van der Waals surface area contributed by atoms with Crippen molar-refractivity contribution in [1.29, 1.82) is 0 Å². The third-order valence-electron chi connectivity index (χ3n) is 4.88. The minimum absolute atomic E-state index is 0.00702. The van der Waals surface area contributed by atoms with E-state index >= 15 is 0 Å². The zero-order valence-electron chi connectivity index (χ0n) is 14.6. The van der Waals surface area contributed by atoms with Crippen LogP contribution in [0.1, 0.15) is 49.5 Å². The predicted molar refractivity (Wildman–Crippen MR) is 94.7 cm³/mol. The van der Waals surface area contributed by atoms with E-state index in [1.165, 1.54) is 25.0 Å². The fourth-order valence-electron chi connectivity index (χ4n) is 3.41. The van der Waals surface area contributed by atoms with Crippen molar-refractivity contribution in [3.63, 3.8) is 0 Å². The summed E-state index contributed by atoms with van der Waals surface area (Å²) in [5, 5.41) is 3.05. The van der Waals surface area contributed by atoms with Gasteiger partial charge in [-0.3, -0.25) is 9.69 Å². The number of nitrogens with zero attached hydrogens (tertiary/aromatic N) is 1. The molecule has 25 heavy (non-hydrogen) atoms. The van der Waals surface area contributed by atoms with Crippen molar-refractivity contribution in [1.82, 2.24) is 10.2 Å². The van der Waals surface area contributed by atoms with Crippen LogP contribution in [0.2, 0.25) is 0 Å². The van der Waals surface area contributed by atoms with Gasteiger partial charge >= 0.3 is 0 Å². The molecule has 1 amide bonds. The Morgan fingerprint density at radius 2 is 1.96 bits per heavy atom. The van der Waals surface area contributed by atoms with Crippen LogP contribution in [-0.2, 0) is 4.79 Å². The van der Waals surface area contributed by atoms with E-state index in [2.05, 4.69) is 10.2 Å². The molecule has 1 N–H and O–H groups in total. The van der Waals surface area contributed by atoms with E-state index in [-0.39, 0.29) is 23.7 Å². The lowest BCUT2D eigenvalue weighted by molar-refractivity contribution is -0.121. The molecule has 134 valence electrons. The smallest absolute Gasteiger partial charge is 0.220 e. The quantitative estimate of drug-likeness (QED) is 0.829. The molecule has 2 aromatic rings. The molecule has 0 radical (unpaired) electrons. The van der Waals surface area contributed by atoms with Crippen LogP contribution in [0.3, 0.4) is 0 Å². The van der Waals surface area contributed by atoms with Gasteiger partial charge in [0.2, 0.25) is 5.91 Å². The summed E-state index contributed by atoms with van der Waals surface area (Å²) in [7, 11) is 0. The predicted octanol–water partition coefficient (Wildman–Crippen LogP) is 3.87. The molecular weight excluding hydrogens is 319 g/mol. The average molecular weight is 344 g/mol. The third kappa shape index (κ3) is 4.69. The molecule has 0 saturated carbocycles. The van der Waals surface area contributed by atoms with Crippen molar-refractivity contribution < 1.29 is 13.6 Å². The SMILES string of the molecule is CC(CC(=O)NCC(c1ccco1)N1CCCC1)c1ccc(F)cc1. The van der Waals surface area contributed by atoms with Crippen LogP contribution in [0.4, 0.5) is 4.39 Å². The zero-order valence-corrected chi connectivity index (χ0v) is 14.6. The van der Waals surface area contributed by atoms with Gasteiger partial charge in [-0.15, -0.1) is 0 Å². The Bertz CT molecular complexity index is 664. The summed E-state index contributed by atoms with van der Waals surface area (Å²) in [5.74, 6) is 0.697. The highest BCUT2D eigenvalue weighted by molar-refractivity contribution is 5.76. The summed E-state index contributed by atoms with van der Waals surface area (Å²) in [4.78, 5) is 14.7. The molecule has 4 nitrogen and oxygen atoms in total. The Kier molecular flexibility index (Phi) is 5.87. The van der Waals surface area contributed by atoms with E-state index < -0.39 is 0 Å². The first-order valence-corrected chi connectivity index (χ1v) is 8.93. The lowest BCUT2D eigenvalue weighted by atomic mass is 9.97. The molecule has 1 fully saturated rings. The molecule has 0 bridgehead atoms. The Balaban J connectivity index is 1.55. The molecule has 1 aliphatic rings. The van der Waals surface area contributed by atoms with Gasteiger partial charge in [-0.1, -0.05) is 19.1 Å². The number of halogens is 1. The second-order valence-corrected chi connectivity index (χ2v) is 6.74. The molecule has 1 aromatic heterocycles. The molecule has 0 aliphatic carbocycles. The number of carbonyl (C=O) groups excluding carboxylic acids is 1. The number of benzene rings is 1. The molecule has 3 rings (SSSR count). The fourth-order valence-corrected chi connectivity index (χ4v) is 3.41. The van der Waals surface area contributed by atoms with Crippen LogP contribution in [0.15, 0.2) is 47.1 Å².